The maximum absolute atomic E-state index is 12.6. The molecule has 19 nitrogen and oxygen atoms in total. The van der Waals surface area contributed by atoms with Gasteiger partial charge in [-0.05, 0) is 85.1 Å². The lowest BCUT2D eigenvalue weighted by molar-refractivity contribution is 0.0682. The van der Waals surface area contributed by atoms with E-state index < -0.39 is 50.8 Å². The van der Waals surface area contributed by atoms with Gasteiger partial charge in [0.1, 0.15) is 40.0 Å². The maximum atomic E-state index is 12.6. The number of hydrogen-bond donors (Lipinski definition) is 6. The number of rotatable bonds is 15. The molecule has 1 saturated heterocycles. The molecule has 0 aromatic heterocycles. The van der Waals surface area contributed by atoms with Crippen molar-refractivity contribution in [3.8, 4) is 17.2 Å². The first-order valence-electron chi connectivity index (χ1n) is 18.0. The fourth-order valence-corrected chi connectivity index (χ4v) is 6.55. The van der Waals surface area contributed by atoms with Crippen molar-refractivity contribution in [2.24, 2.45) is 30.7 Å². The number of carbonyl (C=O) groups is 2. The Balaban J connectivity index is 1.21. The average Bonchev–Trinajstić information content (AvgIpc) is 4.06. The Morgan fingerprint density at radius 2 is 1.46 bits per heavy atom. The molecule has 0 spiro atoms. The Kier molecular flexibility index (Phi) is 11.8. The zero-order chi connectivity index (χ0) is 43.4. The molecular weight excluding hydrogens is 815 g/mol. The number of phenols is 1. The molecule has 20 heteroatoms. The van der Waals surface area contributed by atoms with Crippen LogP contribution in [0.4, 0.5) is 45.5 Å². The number of fused-ring (bicyclic) bond motifs is 1. The minimum Gasteiger partial charge on any atom is -0.505 e. The Bertz CT molecular complexity index is 2900. The van der Waals surface area contributed by atoms with Gasteiger partial charge in [0, 0.05) is 34.5 Å². The Labute approximate surface area is 345 Å². The van der Waals surface area contributed by atoms with Gasteiger partial charge < -0.3 is 40.0 Å². The number of aliphatic hydroxyl groups is 1. The molecule has 1 aliphatic rings. The standard InChI is InChI=1S/C41H33N7O12S/c1-21(49)29-17-26(43-45-31-15-22(40(51)52)8-11-28(31)41(53)54)10-13-30(29)44-46-32-19-35(60-37-20-59-37)33(18-34(32)58-2)47-48-38-36(61(55,56)57)16-23-14-25(9-12-27(23)39(38)50)42-24-6-4-3-5-7-24/h3-19,21,37,42,49-50H,20H2,1-2H3,(H,51,52)(H,53,54)(H,55,56,57). The van der Waals surface area contributed by atoms with Crippen LogP contribution < -0.4 is 14.8 Å². The van der Waals surface area contributed by atoms with E-state index in [9.17, 15) is 43.0 Å². The van der Waals surface area contributed by atoms with Crippen LogP contribution in [-0.2, 0) is 14.9 Å². The van der Waals surface area contributed by atoms with E-state index in [2.05, 4.69) is 36.0 Å². The number of ether oxygens (including phenoxy) is 3. The van der Waals surface area contributed by atoms with Crippen molar-refractivity contribution >= 4 is 78.3 Å². The summed E-state index contributed by atoms with van der Waals surface area (Å²) in [6.07, 6.45) is -1.76. The molecule has 0 amide bonds. The van der Waals surface area contributed by atoms with Gasteiger partial charge in [-0.1, -0.05) is 18.2 Å². The van der Waals surface area contributed by atoms with Gasteiger partial charge in [-0.15, -0.1) is 20.5 Å². The summed E-state index contributed by atoms with van der Waals surface area (Å²) < 4.78 is 52.1. The number of azo groups is 3. The van der Waals surface area contributed by atoms with E-state index in [1.807, 2.05) is 30.3 Å². The van der Waals surface area contributed by atoms with Crippen molar-refractivity contribution in [1.29, 1.82) is 0 Å². The molecule has 1 aliphatic heterocycles. The van der Waals surface area contributed by atoms with E-state index >= 15 is 0 Å². The predicted octanol–water partition coefficient (Wildman–Crippen LogP) is 9.98. The quantitative estimate of drug-likeness (QED) is 0.0319. The zero-order valence-electron chi connectivity index (χ0n) is 31.9. The van der Waals surface area contributed by atoms with Crippen LogP contribution in [0.1, 0.15) is 39.3 Å². The van der Waals surface area contributed by atoms with Gasteiger partial charge in [-0.2, -0.15) is 18.6 Å². The van der Waals surface area contributed by atoms with Crippen molar-refractivity contribution in [2.75, 3.05) is 19.0 Å². The van der Waals surface area contributed by atoms with Crippen molar-refractivity contribution in [2.45, 2.75) is 24.2 Å². The number of anilines is 2. The molecule has 7 rings (SSSR count). The number of epoxide rings is 1. The number of methoxy groups -OCH3 is 1. The van der Waals surface area contributed by atoms with Crippen LogP contribution in [0.25, 0.3) is 10.8 Å². The molecule has 6 aromatic carbocycles. The number of para-hydroxylation sites is 1. The summed E-state index contributed by atoms with van der Waals surface area (Å²) in [7, 11) is -3.60. The largest absolute Gasteiger partial charge is 0.505 e. The molecular formula is C41H33N7O12S. The third kappa shape index (κ3) is 9.64. The first kappa shape index (κ1) is 41.5. The van der Waals surface area contributed by atoms with Crippen LogP contribution >= 0.6 is 0 Å². The summed E-state index contributed by atoms with van der Waals surface area (Å²) in [5.74, 6) is -3.04. The highest BCUT2D eigenvalue weighted by Gasteiger charge is 2.28. The Morgan fingerprint density at radius 1 is 0.770 bits per heavy atom. The molecule has 0 saturated carbocycles. The fourth-order valence-electron chi connectivity index (χ4n) is 5.89. The third-order valence-corrected chi connectivity index (χ3v) is 9.81. The zero-order valence-corrected chi connectivity index (χ0v) is 32.7. The number of phenolic OH excluding ortho intramolecular Hbond substituents is 1. The van der Waals surface area contributed by atoms with Crippen LogP contribution in [0.5, 0.6) is 17.2 Å². The van der Waals surface area contributed by atoms with Gasteiger partial charge in [0.25, 0.3) is 10.1 Å². The van der Waals surface area contributed by atoms with Crippen LogP contribution in [0, 0.1) is 0 Å². The smallest absolute Gasteiger partial charge is 0.337 e. The first-order valence-corrected chi connectivity index (χ1v) is 19.4. The highest BCUT2D eigenvalue weighted by molar-refractivity contribution is 7.86. The minimum absolute atomic E-state index is 0.00572. The molecule has 0 radical (unpaired) electrons. The van der Waals surface area contributed by atoms with Gasteiger partial charge >= 0.3 is 11.9 Å². The summed E-state index contributed by atoms with van der Waals surface area (Å²) >= 11 is 0. The third-order valence-electron chi connectivity index (χ3n) is 8.95. The molecule has 2 unspecified atom stereocenters. The highest BCUT2D eigenvalue weighted by atomic mass is 32.2. The molecule has 6 N–H and O–H groups in total. The van der Waals surface area contributed by atoms with E-state index in [-0.39, 0.29) is 74.0 Å². The molecule has 6 aromatic rings. The Morgan fingerprint density at radius 3 is 2.13 bits per heavy atom. The summed E-state index contributed by atoms with van der Waals surface area (Å²) in [6.45, 7) is 1.72. The van der Waals surface area contributed by atoms with Gasteiger partial charge in [0.05, 0.1) is 35.7 Å². The number of nitrogens with zero attached hydrogens (tertiary/aromatic N) is 6. The monoisotopic (exact) mass is 847 g/mol. The Hall–Kier alpha value is -7.65. The van der Waals surface area contributed by atoms with Gasteiger partial charge in [0.15, 0.2) is 11.5 Å². The van der Waals surface area contributed by atoms with Crippen LogP contribution in [0.15, 0.2) is 139 Å². The normalized spacial score (nSPS) is 14.5. The number of benzene rings is 6. The minimum atomic E-state index is -4.94. The number of carboxylic acid groups (broad SMARTS) is 2. The number of nitrogens with one attached hydrogen (secondary N) is 1. The van der Waals surface area contributed by atoms with Gasteiger partial charge in [-0.25, -0.2) is 9.59 Å². The lowest BCUT2D eigenvalue weighted by atomic mass is 10.1. The van der Waals surface area contributed by atoms with Crippen molar-refractivity contribution in [3.63, 3.8) is 0 Å². The van der Waals surface area contributed by atoms with Gasteiger partial charge in [0.2, 0.25) is 6.29 Å². The fraction of sp³-hybridized carbons (Fsp3) is 0.122. The second-order valence-electron chi connectivity index (χ2n) is 13.2. The van der Waals surface area contributed by atoms with Crippen molar-refractivity contribution in [3.05, 3.63) is 120 Å². The summed E-state index contributed by atoms with van der Waals surface area (Å²) in [5, 5.41) is 69.3. The maximum Gasteiger partial charge on any atom is 0.337 e. The van der Waals surface area contributed by atoms with E-state index in [0.29, 0.717) is 5.69 Å². The van der Waals surface area contributed by atoms with E-state index in [1.165, 1.54) is 50.4 Å². The second-order valence-corrected chi connectivity index (χ2v) is 14.6. The number of carboxylic acids is 2. The molecule has 61 heavy (non-hydrogen) atoms. The topological polar surface area (TPSA) is 287 Å². The lowest BCUT2D eigenvalue weighted by Gasteiger charge is -2.13. The summed E-state index contributed by atoms with van der Waals surface area (Å²) in [4.78, 5) is 22.4. The number of aliphatic hydroxyl groups excluding tert-OH is 1. The predicted molar refractivity (Wildman–Crippen MR) is 218 cm³/mol. The number of aromatic carboxylic acids is 2. The van der Waals surface area contributed by atoms with Gasteiger partial charge in [-0.3, -0.25) is 4.55 Å². The van der Waals surface area contributed by atoms with E-state index in [4.69, 9.17) is 14.2 Å². The second kappa shape index (κ2) is 17.3. The number of aromatic hydroxyl groups is 1. The lowest BCUT2D eigenvalue weighted by Crippen LogP contribution is -2.00. The van der Waals surface area contributed by atoms with Crippen LogP contribution in [-0.4, -0.2) is 65.3 Å². The SMILES string of the molecule is COc1cc(N=Nc2c(S(=O)(=O)O)cc3cc(Nc4ccccc4)ccc3c2O)c(OC2CO2)cc1N=Nc1ccc(N=Nc2cc(C(=O)O)ccc2C(=O)O)cc1C(C)O. The molecule has 1 fully saturated rings. The first-order chi connectivity index (χ1) is 29.2. The highest BCUT2D eigenvalue weighted by Crippen LogP contribution is 2.46. The number of hydrogen-bond acceptors (Lipinski definition) is 16. The molecule has 1 heterocycles. The van der Waals surface area contributed by atoms with Crippen LogP contribution in [0.3, 0.4) is 0 Å². The average molecular weight is 848 g/mol. The van der Waals surface area contributed by atoms with E-state index in [1.54, 1.807) is 18.2 Å². The van der Waals surface area contributed by atoms with E-state index in [0.717, 1.165) is 23.9 Å². The summed E-state index contributed by atoms with van der Waals surface area (Å²) in [6, 6.07) is 25.7. The molecule has 2 atom stereocenters. The summed E-state index contributed by atoms with van der Waals surface area (Å²) in [5.41, 5.74) is 0.892. The van der Waals surface area contributed by atoms with Crippen LogP contribution in [0.2, 0.25) is 0 Å². The molecule has 0 aliphatic carbocycles. The van der Waals surface area contributed by atoms with Crippen molar-refractivity contribution in [1.82, 2.24) is 0 Å². The molecule has 310 valence electrons. The molecule has 0 bridgehead atoms. The van der Waals surface area contributed by atoms with Crippen molar-refractivity contribution < 1.29 is 57.2 Å².